The molecule has 0 amide bonds. The zero-order chi connectivity index (χ0) is 27.7. The van der Waals surface area contributed by atoms with Crippen molar-refractivity contribution in [3.8, 4) is 5.75 Å². The molecule has 0 aliphatic rings. The van der Waals surface area contributed by atoms with Crippen molar-refractivity contribution in [1.29, 1.82) is 0 Å². The van der Waals surface area contributed by atoms with Crippen LogP contribution < -0.4 is 22.3 Å². The van der Waals surface area contributed by atoms with Gasteiger partial charge in [-0.2, -0.15) is 10.2 Å². The molecule has 2 aromatic heterocycles. The Morgan fingerprint density at radius 2 is 1.84 bits per heavy atom. The van der Waals surface area contributed by atoms with Gasteiger partial charge in [-0.05, 0) is 29.9 Å². The number of halogens is 1. The Balaban J connectivity index is 0.000000215. The molecule has 0 bridgehead atoms. The van der Waals surface area contributed by atoms with E-state index in [2.05, 4.69) is 35.7 Å². The third-order valence-corrected chi connectivity index (χ3v) is 5.06. The molecule has 38 heavy (non-hydrogen) atoms. The second-order valence-corrected chi connectivity index (χ2v) is 7.93. The van der Waals surface area contributed by atoms with Gasteiger partial charge in [0, 0.05) is 17.8 Å². The molecule has 0 fully saturated rings. The lowest BCUT2D eigenvalue weighted by Crippen LogP contribution is -2.10. The van der Waals surface area contributed by atoms with E-state index in [0.29, 0.717) is 5.56 Å². The summed E-state index contributed by atoms with van der Waals surface area (Å²) >= 11 is 10.5. The van der Waals surface area contributed by atoms with Crippen LogP contribution in [0.15, 0.2) is 74.4 Å². The van der Waals surface area contributed by atoms with Crippen LogP contribution in [0.25, 0.3) is 0 Å². The van der Waals surface area contributed by atoms with Gasteiger partial charge in [-0.25, -0.2) is 10.1 Å². The number of rotatable bonds is 6. The third-order valence-electron chi connectivity index (χ3n) is 4.48. The molecule has 0 aliphatic carbocycles. The third kappa shape index (κ3) is 7.42. The number of nitrogen functional groups attached to an aromatic ring is 1. The molecular weight excluding hydrogens is 538 g/mol. The van der Waals surface area contributed by atoms with Crippen molar-refractivity contribution < 1.29 is 10.0 Å². The Kier molecular flexibility index (Phi) is 9.17. The Hall–Kier alpha value is -5.15. The highest BCUT2D eigenvalue weighted by Crippen LogP contribution is 2.25. The first kappa shape index (κ1) is 27.4. The number of hydrogen-bond acceptors (Lipinski definition) is 11. The number of anilines is 2. The maximum atomic E-state index is 11.5. The number of benzene rings is 2. The summed E-state index contributed by atoms with van der Waals surface area (Å²) in [7, 11) is 0. The van der Waals surface area contributed by atoms with Crippen LogP contribution >= 0.6 is 23.8 Å². The highest BCUT2D eigenvalue weighted by atomic mass is 35.5. The summed E-state index contributed by atoms with van der Waals surface area (Å²) in [4.78, 5) is 41.8. The molecule has 0 saturated carbocycles. The number of aromatic amines is 3. The SMILES string of the molecule is Nc1[nH]c(=S)[nH]c(=O)c1N=Cc1ccccc1.O=c1[nH]ncc(N/N=C/c2ccc(O)c([N+](=O)[O-])c2)c1Cl. The van der Waals surface area contributed by atoms with Crippen molar-refractivity contribution in [2.75, 3.05) is 11.2 Å². The lowest BCUT2D eigenvalue weighted by atomic mass is 10.2. The minimum absolute atomic E-state index is 0.112. The smallest absolute Gasteiger partial charge is 0.311 e. The van der Waals surface area contributed by atoms with Crippen LogP contribution in [0, 0.1) is 14.9 Å². The Morgan fingerprint density at radius 3 is 2.53 bits per heavy atom. The zero-order valence-corrected chi connectivity index (χ0v) is 20.7. The van der Waals surface area contributed by atoms with Crippen LogP contribution in [-0.2, 0) is 0 Å². The number of hydrazone groups is 1. The molecule has 4 rings (SSSR count). The first-order valence-corrected chi connectivity index (χ1v) is 11.1. The Labute approximate surface area is 222 Å². The monoisotopic (exact) mass is 555 g/mol. The molecule has 0 unspecified atom stereocenters. The maximum absolute atomic E-state index is 11.5. The van der Waals surface area contributed by atoms with Crippen LogP contribution in [0.4, 0.5) is 22.9 Å². The van der Waals surface area contributed by atoms with E-state index in [-0.39, 0.29) is 27.0 Å². The molecule has 0 atom stereocenters. The van der Waals surface area contributed by atoms with Gasteiger partial charge in [0.15, 0.2) is 16.2 Å². The maximum Gasteiger partial charge on any atom is 0.311 e. The summed E-state index contributed by atoms with van der Waals surface area (Å²) in [5.74, 6) is -0.280. The van der Waals surface area contributed by atoms with E-state index < -0.39 is 27.5 Å². The van der Waals surface area contributed by atoms with Crippen molar-refractivity contribution in [2.45, 2.75) is 0 Å². The van der Waals surface area contributed by atoms with Crippen LogP contribution in [-0.4, -0.2) is 42.6 Å². The zero-order valence-electron chi connectivity index (χ0n) is 19.1. The van der Waals surface area contributed by atoms with Gasteiger partial charge < -0.3 is 15.8 Å². The molecule has 0 spiro atoms. The minimum Gasteiger partial charge on any atom is -0.502 e. The Bertz CT molecular complexity index is 1680. The van der Waals surface area contributed by atoms with Gasteiger partial charge >= 0.3 is 5.69 Å². The number of nitrogens with zero attached hydrogens (tertiary/aromatic N) is 4. The molecule has 14 nitrogen and oxygen atoms in total. The molecule has 0 aliphatic heterocycles. The fourth-order valence-corrected chi connectivity index (χ4v) is 3.04. The number of phenols is 1. The van der Waals surface area contributed by atoms with Crippen molar-refractivity contribution in [3.05, 3.63) is 106 Å². The van der Waals surface area contributed by atoms with Crippen molar-refractivity contribution >= 4 is 59.1 Å². The van der Waals surface area contributed by atoms with E-state index in [0.717, 1.165) is 11.6 Å². The van der Waals surface area contributed by atoms with Crippen LogP contribution in [0.1, 0.15) is 11.1 Å². The standard InChI is InChI=1S/C11H8ClN5O4.C11H10N4OS/c12-10-7(5-14-16-11(10)19)15-13-4-6-1-2-9(18)8(3-6)17(20)21;12-9-8(10(16)15-11(17)14-9)13-6-7-4-2-1-3-5-7/h1-5,18H,(H2,15,16,19);1-6H,(H4,12,14,15,16,17)/b13-4+;. The molecule has 194 valence electrons. The van der Waals surface area contributed by atoms with E-state index in [1.807, 2.05) is 30.3 Å². The number of nitrogens with one attached hydrogen (secondary N) is 4. The average Bonchev–Trinajstić information content (AvgIpc) is 2.88. The highest BCUT2D eigenvalue weighted by molar-refractivity contribution is 7.71. The summed E-state index contributed by atoms with van der Waals surface area (Å²) in [6, 6.07) is 13.2. The van der Waals surface area contributed by atoms with Gasteiger partial charge in [-0.3, -0.25) is 30.1 Å². The van der Waals surface area contributed by atoms with Crippen molar-refractivity contribution in [2.24, 2.45) is 10.1 Å². The summed E-state index contributed by atoms with van der Waals surface area (Å²) in [5.41, 5.74) is 8.28. The van der Waals surface area contributed by atoms with Gasteiger partial charge in [0.05, 0.1) is 17.3 Å². The van der Waals surface area contributed by atoms with Crippen LogP contribution in [0.2, 0.25) is 5.02 Å². The van der Waals surface area contributed by atoms with Gasteiger partial charge in [0.1, 0.15) is 16.5 Å². The van der Waals surface area contributed by atoms with E-state index in [9.17, 15) is 24.8 Å². The predicted molar refractivity (Wildman–Crippen MR) is 146 cm³/mol. The molecule has 2 heterocycles. The minimum atomic E-state index is -0.711. The largest absolute Gasteiger partial charge is 0.502 e. The molecule has 0 radical (unpaired) electrons. The fourth-order valence-electron chi connectivity index (χ4n) is 2.71. The number of aromatic nitrogens is 4. The summed E-state index contributed by atoms with van der Waals surface area (Å²) in [6.45, 7) is 0. The van der Waals surface area contributed by atoms with Crippen LogP contribution in [0.5, 0.6) is 5.75 Å². The van der Waals surface area contributed by atoms with Crippen molar-refractivity contribution in [1.82, 2.24) is 20.2 Å². The van der Waals surface area contributed by atoms with Gasteiger partial charge in [0.2, 0.25) is 0 Å². The van der Waals surface area contributed by atoms with Gasteiger partial charge in [-0.1, -0.05) is 41.9 Å². The van der Waals surface area contributed by atoms with E-state index in [1.54, 1.807) is 6.21 Å². The van der Waals surface area contributed by atoms with E-state index in [4.69, 9.17) is 29.6 Å². The van der Waals surface area contributed by atoms with E-state index in [1.165, 1.54) is 24.5 Å². The quantitative estimate of drug-likeness (QED) is 0.0887. The second-order valence-electron chi connectivity index (χ2n) is 7.14. The number of nitrogens with two attached hydrogens (primary N) is 1. The van der Waals surface area contributed by atoms with Gasteiger partial charge in [0.25, 0.3) is 11.1 Å². The Morgan fingerprint density at radius 1 is 1.11 bits per heavy atom. The number of nitro benzene ring substituents is 1. The fraction of sp³-hybridized carbons (Fsp3) is 0. The number of phenolic OH excluding ortho intramolecular Hbond substituents is 1. The first-order chi connectivity index (χ1) is 18.2. The van der Waals surface area contributed by atoms with E-state index >= 15 is 0 Å². The van der Waals surface area contributed by atoms with Crippen LogP contribution in [0.3, 0.4) is 0 Å². The lowest BCUT2D eigenvalue weighted by Gasteiger charge is -2.01. The summed E-state index contributed by atoms with van der Waals surface area (Å²) < 4.78 is 0.186. The van der Waals surface area contributed by atoms with Gasteiger partial charge in [-0.15, -0.1) is 0 Å². The lowest BCUT2D eigenvalue weighted by molar-refractivity contribution is -0.385. The molecule has 7 N–H and O–H groups in total. The summed E-state index contributed by atoms with van der Waals surface area (Å²) in [5, 5.41) is 29.3. The number of nitro groups is 1. The predicted octanol–water partition coefficient (Wildman–Crippen LogP) is 3.25. The number of aliphatic imine (C=N–C) groups is 1. The number of aromatic hydroxyl groups is 1. The molecule has 16 heteroatoms. The topological polar surface area (TPSA) is 221 Å². The molecule has 4 aromatic rings. The summed E-state index contributed by atoms with van der Waals surface area (Å²) in [6.07, 6.45) is 4.10. The van der Waals surface area contributed by atoms with Crippen molar-refractivity contribution in [3.63, 3.8) is 0 Å². The number of hydrogen-bond donors (Lipinski definition) is 6. The highest BCUT2D eigenvalue weighted by Gasteiger charge is 2.12. The molecule has 2 aromatic carbocycles. The normalized spacial score (nSPS) is 10.8. The second kappa shape index (κ2) is 12.7. The molecular formula is C22H18ClN9O5S. The average molecular weight is 556 g/mol. The molecule has 0 saturated heterocycles. The first-order valence-electron chi connectivity index (χ1n) is 10.4. The number of H-pyrrole nitrogens is 3.